The average molecular weight is 272 g/mol. The molecule has 112 valence electrons. The van der Waals surface area contributed by atoms with E-state index >= 15 is 0 Å². The highest BCUT2D eigenvalue weighted by Crippen LogP contribution is 2.18. The molecule has 0 aliphatic heterocycles. The molecule has 0 aliphatic rings. The Balaban J connectivity index is 4.05. The van der Waals surface area contributed by atoms with Crippen molar-refractivity contribution >= 4 is 11.9 Å². The largest absolute Gasteiger partial charge is 0.466 e. The van der Waals surface area contributed by atoms with Gasteiger partial charge in [0.25, 0.3) is 0 Å². The Morgan fingerprint density at radius 1 is 1.11 bits per heavy atom. The highest BCUT2D eigenvalue weighted by Gasteiger charge is 2.20. The third kappa shape index (κ3) is 9.51. The Labute approximate surface area is 116 Å². The van der Waals surface area contributed by atoms with Crippen LogP contribution in [0, 0.1) is 5.92 Å². The van der Waals surface area contributed by atoms with Crippen molar-refractivity contribution in [1.82, 2.24) is 0 Å². The summed E-state index contributed by atoms with van der Waals surface area (Å²) in [6.07, 6.45) is 3.46. The molecule has 0 amide bonds. The van der Waals surface area contributed by atoms with Crippen molar-refractivity contribution in [3.63, 3.8) is 0 Å². The number of esters is 2. The van der Waals surface area contributed by atoms with Crippen LogP contribution in [-0.4, -0.2) is 24.1 Å². The van der Waals surface area contributed by atoms with E-state index in [1.54, 1.807) is 0 Å². The van der Waals surface area contributed by atoms with Crippen molar-refractivity contribution in [2.45, 2.75) is 72.3 Å². The van der Waals surface area contributed by atoms with Gasteiger partial charge in [-0.25, -0.2) is 0 Å². The van der Waals surface area contributed by atoms with Gasteiger partial charge in [-0.05, 0) is 47.0 Å². The normalized spacial score (nSPS) is 12.9. The van der Waals surface area contributed by atoms with Gasteiger partial charge in [0.15, 0.2) is 0 Å². The zero-order valence-corrected chi connectivity index (χ0v) is 13.0. The maximum atomic E-state index is 11.7. The molecule has 0 aromatic carbocycles. The molecule has 1 atom stereocenters. The second-order valence-corrected chi connectivity index (χ2v) is 5.72. The summed E-state index contributed by atoms with van der Waals surface area (Å²) in [7, 11) is 0. The van der Waals surface area contributed by atoms with E-state index in [-0.39, 0.29) is 17.9 Å². The number of ether oxygens (including phenoxy) is 2. The summed E-state index contributed by atoms with van der Waals surface area (Å²) in [6.45, 7) is 9.81. The SMILES string of the molecule is CCCC(CCCC(=O)OC(C)(C)C)C(=O)OCC. The molecule has 0 aromatic heterocycles. The van der Waals surface area contributed by atoms with E-state index in [9.17, 15) is 9.59 Å². The van der Waals surface area contributed by atoms with Crippen molar-refractivity contribution in [2.24, 2.45) is 5.92 Å². The molecular formula is C15H28O4. The lowest BCUT2D eigenvalue weighted by Crippen LogP contribution is -2.24. The van der Waals surface area contributed by atoms with Gasteiger partial charge in [0.2, 0.25) is 0 Å². The van der Waals surface area contributed by atoms with Crippen LogP contribution in [0.3, 0.4) is 0 Å². The summed E-state index contributed by atoms with van der Waals surface area (Å²) in [4.78, 5) is 23.3. The lowest BCUT2D eigenvalue weighted by Gasteiger charge is -2.20. The van der Waals surface area contributed by atoms with Gasteiger partial charge in [-0.1, -0.05) is 13.3 Å². The monoisotopic (exact) mass is 272 g/mol. The van der Waals surface area contributed by atoms with E-state index in [1.165, 1.54) is 0 Å². The lowest BCUT2D eigenvalue weighted by atomic mass is 9.97. The standard InChI is InChI=1S/C15H28O4/c1-6-9-12(14(17)18-7-2)10-8-11-13(16)19-15(3,4)5/h12H,6-11H2,1-5H3. The molecule has 0 aromatic rings. The van der Waals surface area contributed by atoms with Crippen LogP contribution >= 0.6 is 0 Å². The van der Waals surface area contributed by atoms with Crippen molar-refractivity contribution in [3.8, 4) is 0 Å². The summed E-state index contributed by atoms with van der Waals surface area (Å²) < 4.78 is 10.3. The Bertz CT molecular complexity index is 278. The van der Waals surface area contributed by atoms with Crippen LogP contribution in [0.5, 0.6) is 0 Å². The van der Waals surface area contributed by atoms with E-state index in [1.807, 2.05) is 34.6 Å². The molecule has 0 aliphatic carbocycles. The Kier molecular flexibility index (Phi) is 8.44. The summed E-state index contributed by atoms with van der Waals surface area (Å²) in [5, 5.41) is 0. The van der Waals surface area contributed by atoms with E-state index in [0.29, 0.717) is 25.9 Å². The van der Waals surface area contributed by atoms with Gasteiger partial charge in [-0.3, -0.25) is 9.59 Å². The first-order valence-corrected chi connectivity index (χ1v) is 7.18. The molecule has 0 spiro atoms. The first-order chi connectivity index (χ1) is 8.80. The minimum atomic E-state index is -0.443. The van der Waals surface area contributed by atoms with Crippen LogP contribution in [0.25, 0.3) is 0 Å². The third-order valence-corrected chi connectivity index (χ3v) is 2.61. The summed E-state index contributed by atoms with van der Waals surface area (Å²) in [6, 6.07) is 0. The fraction of sp³-hybridized carbons (Fsp3) is 0.867. The fourth-order valence-corrected chi connectivity index (χ4v) is 1.87. The second-order valence-electron chi connectivity index (χ2n) is 5.72. The summed E-state index contributed by atoms with van der Waals surface area (Å²) in [5.41, 5.74) is -0.443. The lowest BCUT2D eigenvalue weighted by molar-refractivity contribution is -0.155. The quantitative estimate of drug-likeness (QED) is 0.635. The Morgan fingerprint density at radius 2 is 1.74 bits per heavy atom. The van der Waals surface area contributed by atoms with Crippen LogP contribution in [-0.2, 0) is 19.1 Å². The minimum Gasteiger partial charge on any atom is -0.466 e. The fourth-order valence-electron chi connectivity index (χ4n) is 1.87. The predicted octanol–water partition coefficient (Wildman–Crippen LogP) is 3.48. The zero-order chi connectivity index (χ0) is 14.9. The number of carbonyl (C=O) groups excluding carboxylic acids is 2. The van der Waals surface area contributed by atoms with Crippen molar-refractivity contribution in [3.05, 3.63) is 0 Å². The van der Waals surface area contributed by atoms with Crippen molar-refractivity contribution in [1.29, 1.82) is 0 Å². The highest BCUT2D eigenvalue weighted by molar-refractivity contribution is 5.72. The maximum Gasteiger partial charge on any atom is 0.308 e. The van der Waals surface area contributed by atoms with E-state index < -0.39 is 5.60 Å². The smallest absolute Gasteiger partial charge is 0.308 e. The molecule has 0 saturated carbocycles. The van der Waals surface area contributed by atoms with Gasteiger partial charge in [0.1, 0.15) is 5.60 Å². The van der Waals surface area contributed by atoms with Gasteiger partial charge < -0.3 is 9.47 Å². The molecule has 1 unspecified atom stereocenters. The van der Waals surface area contributed by atoms with Crippen LogP contribution in [0.1, 0.15) is 66.7 Å². The molecular weight excluding hydrogens is 244 g/mol. The molecule has 0 radical (unpaired) electrons. The van der Waals surface area contributed by atoms with Crippen molar-refractivity contribution in [2.75, 3.05) is 6.61 Å². The molecule has 4 nitrogen and oxygen atoms in total. The van der Waals surface area contributed by atoms with E-state index in [4.69, 9.17) is 9.47 Å². The van der Waals surface area contributed by atoms with E-state index in [2.05, 4.69) is 0 Å². The van der Waals surface area contributed by atoms with Crippen molar-refractivity contribution < 1.29 is 19.1 Å². The maximum absolute atomic E-state index is 11.7. The number of hydrogen-bond donors (Lipinski definition) is 0. The topological polar surface area (TPSA) is 52.6 Å². The molecule has 0 saturated heterocycles. The predicted molar refractivity (Wildman–Crippen MR) is 74.7 cm³/mol. The number of carbonyl (C=O) groups is 2. The average Bonchev–Trinajstić information content (AvgIpc) is 2.25. The second kappa shape index (κ2) is 8.94. The Hall–Kier alpha value is -1.06. The third-order valence-electron chi connectivity index (χ3n) is 2.61. The first kappa shape index (κ1) is 17.9. The number of rotatable bonds is 8. The van der Waals surface area contributed by atoms with Gasteiger partial charge in [0, 0.05) is 6.42 Å². The first-order valence-electron chi connectivity index (χ1n) is 7.18. The van der Waals surface area contributed by atoms with Gasteiger partial charge >= 0.3 is 11.9 Å². The zero-order valence-electron chi connectivity index (χ0n) is 13.0. The van der Waals surface area contributed by atoms with Crippen LogP contribution in [0.4, 0.5) is 0 Å². The van der Waals surface area contributed by atoms with Crippen LogP contribution in [0.15, 0.2) is 0 Å². The van der Waals surface area contributed by atoms with E-state index in [0.717, 1.165) is 12.8 Å². The molecule has 0 bridgehead atoms. The van der Waals surface area contributed by atoms with Crippen LogP contribution < -0.4 is 0 Å². The summed E-state index contributed by atoms with van der Waals surface area (Å²) >= 11 is 0. The van der Waals surface area contributed by atoms with Gasteiger partial charge in [0.05, 0.1) is 12.5 Å². The Morgan fingerprint density at radius 3 is 2.21 bits per heavy atom. The molecule has 0 fully saturated rings. The number of hydrogen-bond acceptors (Lipinski definition) is 4. The molecule has 19 heavy (non-hydrogen) atoms. The molecule has 4 heteroatoms. The molecule has 0 heterocycles. The van der Waals surface area contributed by atoms with Crippen LogP contribution in [0.2, 0.25) is 0 Å². The minimum absolute atomic E-state index is 0.0904. The molecule has 0 N–H and O–H groups in total. The highest BCUT2D eigenvalue weighted by atomic mass is 16.6. The van der Waals surface area contributed by atoms with Gasteiger partial charge in [-0.2, -0.15) is 0 Å². The summed E-state index contributed by atoms with van der Waals surface area (Å²) in [5.74, 6) is -0.437. The van der Waals surface area contributed by atoms with Gasteiger partial charge in [-0.15, -0.1) is 0 Å². The molecule has 0 rings (SSSR count).